The number of hydrogen-bond acceptors (Lipinski definition) is 4. The summed E-state index contributed by atoms with van der Waals surface area (Å²) in [4.78, 5) is 18.9. The van der Waals surface area contributed by atoms with Crippen molar-refractivity contribution in [2.45, 2.75) is 44.6 Å². The average Bonchev–Trinajstić information content (AvgIpc) is 2.93. The summed E-state index contributed by atoms with van der Waals surface area (Å²) >= 11 is 0. The van der Waals surface area contributed by atoms with E-state index in [1.54, 1.807) is 6.20 Å². The molecule has 1 amide bonds. The fourth-order valence-electron chi connectivity index (χ4n) is 3.12. The number of rotatable bonds is 4. The van der Waals surface area contributed by atoms with Gasteiger partial charge in [0, 0.05) is 32.4 Å². The third-order valence-electron chi connectivity index (χ3n) is 4.45. The van der Waals surface area contributed by atoms with Crippen LogP contribution in [0, 0.1) is 0 Å². The fraction of sp³-hybridized carbons (Fsp3) is 0.647. The molecule has 2 saturated heterocycles. The van der Waals surface area contributed by atoms with Gasteiger partial charge in [0.1, 0.15) is 5.82 Å². The lowest BCUT2D eigenvalue weighted by molar-refractivity contribution is 0.0857. The maximum Gasteiger partial charge on any atom is 0.252 e. The predicted octanol–water partition coefficient (Wildman–Crippen LogP) is 2.37. The van der Waals surface area contributed by atoms with E-state index in [9.17, 15) is 4.79 Å². The average molecular weight is 303 g/mol. The van der Waals surface area contributed by atoms with Crippen molar-refractivity contribution < 1.29 is 9.53 Å². The van der Waals surface area contributed by atoms with Crippen LogP contribution in [0.3, 0.4) is 0 Å². The quantitative estimate of drug-likeness (QED) is 0.928. The van der Waals surface area contributed by atoms with Crippen molar-refractivity contribution in [3.63, 3.8) is 0 Å². The Morgan fingerprint density at radius 1 is 1.23 bits per heavy atom. The molecule has 1 atom stereocenters. The molecule has 120 valence electrons. The Labute approximate surface area is 132 Å². The van der Waals surface area contributed by atoms with Gasteiger partial charge in [-0.1, -0.05) is 12.8 Å². The van der Waals surface area contributed by atoms with Gasteiger partial charge in [-0.2, -0.15) is 0 Å². The third kappa shape index (κ3) is 3.97. The standard InChI is InChI=1S/C17H25N3O2/c21-17(19-13-15-6-5-11-22-15)14-7-8-16(18-12-14)20-9-3-1-2-4-10-20/h7-8,12,15H,1-6,9-11,13H2,(H,19,21)/t15-/m1/s1. The lowest BCUT2D eigenvalue weighted by atomic mass is 10.2. The number of carbonyl (C=O) groups excluding carboxylic acids is 1. The van der Waals surface area contributed by atoms with Crippen LogP contribution in [-0.2, 0) is 4.74 Å². The highest BCUT2D eigenvalue weighted by Crippen LogP contribution is 2.17. The van der Waals surface area contributed by atoms with Crippen molar-refractivity contribution in [2.24, 2.45) is 0 Å². The molecule has 0 radical (unpaired) electrons. The minimum absolute atomic E-state index is 0.0644. The second-order valence-electron chi connectivity index (χ2n) is 6.15. The summed E-state index contributed by atoms with van der Waals surface area (Å²) in [5.41, 5.74) is 0.622. The zero-order chi connectivity index (χ0) is 15.2. The fourth-order valence-corrected chi connectivity index (χ4v) is 3.12. The lowest BCUT2D eigenvalue weighted by Gasteiger charge is -2.21. The van der Waals surface area contributed by atoms with Gasteiger partial charge in [-0.15, -0.1) is 0 Å². The number of aromatic nitrogens is 1. The molecule has 0 bridgehead atoms. The van der Waals surface area contributed by atoms with Crippen molar-refractivity contribution in [3.8, 4) is 0 Å². The van der Waals surface area contributed by atoms with Crippen molar-refractivity contribution in [3.05, 3.63) is 23.9 Å². The number of nitrogens with one attached hydrogen (secondary N) is 1. The molecule has 2 aliphatic rings. The van der Waals surface area contributed by atoms with Gasteiger partial charge >= 0.3 is 0 Å². The van der Waals surface area contributed by atoms with Gasteiger partial charge in [-0.05, 0) is 37.8 Å². The minimum Gasteiger partial charge on any atom is -0.376 e. The topological polar surface area (TPSA) is 54.5 Å². The summed E-state index contributed by atoms with van der Waals surface area (Å²) in [5.74, 6) is 0.919. The number of carbonyl (C=O) groups is 1. The maximum absolute atomic E-state index is 12.1. The third-order valence-corrected chi connectivity index (χ3v) is 4.45. The van der Waals surface area contributed by atoms with Crippen LogP contribution in [0.5, 0.6) is 0 Å². The molecule has 1 aromatic rings. The summed E-state index contributed by atoms with van der Waals surface area (Å²) in [6, 6.07) is 3.84. The molecule has 2 fully saturated rings. The molecule has 0 spiro atoms. The molecule has 1 N–H and O–H groups in total. The molecule has 22 heavy (non-hydrogen) atoms. The highest BCUT2D eigenvalue weighted by atomic mass is 16.5. The molecule has 0 saturated carbocycles. The number of nitrogens with zero attached hydrogens (tertiary/aromatic N) is 2. The van der Waals surface area contributed by atoms with Gasteiger partial charge in [-0.25, -0.2) is 4.98 Å². The molecule has 0 aromatic carbocycles. The summed E-state index contributed by atoms with van der Waals surface area (Å²) in [6.45, 7) is 3.54. The van der Waals surface area contributed by atoms with Gasteiger partial charge < -0.3 is 15.0 Å². The number of pyridine rings is 1. The van der Waals surface area contributed by atoms with Crippen LogP contribution in [0.15, 0.2) is 18.3 Å². The Morgan fingerprint density at radius 3 is 2.68 bits per heavy atom. The molecule has 5 nitrogen and oxygen atoms in total. The molecule has 3 heterocycles. The normalized spacial score (nSPS) is 22.4. The highest BCUT2D eigenvalue weighted by molar-refractivity contribution is 5.94. The largest absolute Gasteiger partial charge is 0.376 e. The first kappa shape index (κ1) is 15.3. The predicted molar refractivity (Wildman–Crippen MR) is 86.2 cm³/mol. The van der Waals surface area contributed by atoms with Gasteiger partial charge in [0.2, 0.25) is 0 Å². The molecule has 5 heteroatoms. The van der Waals surface area contributed by atoms with E-state index in [4.69, 9.17) is 4.74 Å². The molecule has 2 aliphatic heterocycles. The van der Waals surface area contributed by atoms with E-state index in [1.807, 2.05) is 12.1 Å². The minimum atomic E-state index is -0.0644. The Morgan fingerprint density at radius 2 is 2.05 bits per heavy atom. The Balaban J connectivity index is 1.54. The van der Waals surface area contributed by atoms with E-state index >= 15 is 0 Å². The van der Waals surface area contributed by atoms with Gasteiger partial charge in [-0.3, -0.25) is 4.79 Å². The summed E-state index contributed by atoms with van der Waals surface area (Å²) in [6.07, 6.45) is 9.05. The Hall–Kier alpha value is -1.62. The van der Waals surface area contributed by atoms with Crippen LogP contribution in [0.1, 0.15) is 48.9 Å². The number of amides is 1. The molecule has 3 rings (SSSR count). The summed E-state index contributed by atoms with van der Waals surface area (Å²) < 4.78 is 5.51. The molecular weight excluding hydrogens is 278 g/mol. The number of hydrogen-bond donors (Lipinski definition) is 1. The van der Waals surface area contributed by atoms with Crippen LogP contribution >= 0.6 is 0 Å². The first-order valence-corrected chi connectivity index (χ1v) is 8.44. The summed E-state index contributed by atoms with van der Waals surface area (Å²) in [7, 11) is 0. The number of anilines is 1. The highest BCUT2D eigenvalue weighted by Gasteiger charge is 2.17. The van der Waals surface area contributed by atoms with Gasteiger partial charge in [0.25, 0.3) is 5.91 Å². The Bertz CT molecular complexity index is 475. The lowest BCUT2D eigenvalue weighted by Crippen LogP contribution is -2.32. The van der Waals surface area contributed by atoms with E-state index in [2.05, 4.69) is 15.2 Å². The monoisotopic (exact) mass is 303 g/mol. The van der Waals surface area contributed by atoms with Crippen LogP contribution < -0.4 is 10.2 Å². The van der Waals surface area contributed by atoms with Crippen molar-refractivity contribution in [2.75, 3.05) is 31.1 Å². The second-order valence-corrected chi connectivity index (χ2v) is 6.15. The first-order valence-electron chi connectivity index (χ1n) is 8.44. The summed E-state index contributed by atoms with van der Waals surface area (Å²) in [5, 5.41) is 2.93. The van der Waals surface area contributed by atoms with Crippen LogP contribution in [-0.4, -0.2) is 43.2 Å². The second kappa shape index (κ2) is 7.58. The number of ether oxygens (including phenoxy) is 1. The van der Waals surface area contributed by atoms with E-state index in [1.165, 1.54) is 25.7 Å². The van der Waals surface area contributed by atoms with E-state index in [0.717, 1.165) is 38.4 Å². The van der Waals surface area contributed by atoms with Gasteiger partial charge in [0.15, 0.2) is 0 Å². The van der Waals surface area contributed by atoms with Crippen LogP contribution in [0.25, 0.3) is 0 Å². The SMILES string of the molecule is O=C(NC[C@H]1CCCO1)c1ccc(N2CCCCCC2)nc1. The van der Waals surface area contributed by atoms with Crippen molar-refractivity contribution >= 4 is 11.7 Å². The molecule has 0 unspecified atom stereocenters. The van der Waals surface area contributed by atoms with E-state index in [0.29, 0.717) is 12.1 Å². The zero-order valence-electron chi connectivity index (χ0n) is 13.1. The van der Waals surface area contributed by atoms with Gasteiger partial charge in [0.05, 0.1) is 11.7 Å². The van der Waals surface area contributed by atoms with Crippen LogP contribution in [0.4, 0.5) is 5.82 Å². The molecule has 1 aromatic heterocycles. The zero-order valence-corrected chi connectivity index (χ0v) is 13.1. The van der Waals surface area contributed by atoms with Crippen molar-refractivity contribution in [1.29, 1.82) is 0 Å². The van der Waals surface area contributed by atoms with Crippen LogP contribution in [0.2, 0.25) is 0 Å². The first-order chi connectivity index (χ1) is 10.8. The maximum atomic E-state index is 12.1. The van der Waals surface area contributed by atoms with E-state index < -0.39 is 0 Å². The van der Waals surface area contributed by atoms with E-state index in [-0.39, 0.29) is 12.0 Å². The molecular formula is C17H25N3O2. The Kier molecular flexibility index (Phi) is 5.27. The van der Waals surface area contributed by atoms with Crippen molar-refractivity contribution in [1.82, 2.24) is 10.3 Å². The molecule has 0 aliphatic carbocycles. The smallest absolute Gasteiger partial charge is 0.252 e.